The molecule has 1 aliphatic carbocycles. The number of aliphatic imine (C=N–C) groups is 1. The van der Waals surface area contributed by atoms with Gasteiger partial charge in [0.2, 0.25) is 0 Å². The van der Waals surface area contributed by atoms with Crippen LogP contribution in [0.3, 0.4) is 0 Å². The second kappa shape index (κ2) is 7.19. The Morgan fingerprint density at radius 3 is 2.80 bits per heavy atom. The predicted molar refractivity (Wildman–Crippen MR) is 115 cm³/mol. The van der Waals surface area contributed by atoms with Crippen LogP contribution >= 0.6 is 11.3 Å². The predicted octanol–water partition coefficient (Wildman–Crippen LogP) is 4.65. The quantitative estimate of drug-likeness (QED) is 0.686. The molecule has 0 aromatic carbocycles. The zero-order valence-corrected chi connectivity index (χ0v) is 16.9. The van der Waals surface area contributed by atoms with Gasteiger partial charge in [0.1, 0.15) is 0 Å². The summed E-state index contributed by atoms with van der Waals surface area (Å²) in [6.45, 7) is 13.4. The van der Waals surface area contributed by atoms with Crippen molar-refractivity contribution in [1.82, 2.24) is 0 Å². The number of hydrogen-bond acceptors (Lipinski definition) is 2. The van der Waals surface area contributed by atoms with Gasteiger partial charge < -0.3 is 0 Å². The molecule has 25 heavy (non-hydrogen) atoms. The Hall–Kier alpha value is -1.22. The summed E-state index contributed by atoms with van der Waals surface area (Å²) in [6, 6.07) is 0. The first-order valence-corrected chi connectivity index (χ1v) is 10.4. The number of fused-ring (bicyclic) bond motifs is 2. The molecule has 1 aliphatic heterocycles. The summed E-state index contributed by atoms with van der Waals surface area (Å²) in [6.07, 6.45) is 10.3. The van der Waals surface area contributed by atoms with E-state index in [-0.39, 0.29) is 0 Å². The molecule has 1 saturated carbocycles. The fourth-order valence-corrected chi connectivity index (χ4v) is 5.97. The van der Waals surface area contributed by atoms with Crippen molar-refractivity contribution in [1.29, 1.82) is 0 Å². The van der Waals surface area contributed by atoms with E-state index in [2.05, 4.69) is 46.6 Å². The van der Waals surface area contributed by atoms with Crippen LogP contribution in [0.25, 0.3) is 12.7 Å². The van der Waals surface area contributed by atoms with Crippen LogP contribution in [-0.4, -0.2) is 19.7 Å². The van der Waals surface area contributed by atoms with E-state index in [0.717, 1.165) is 34.6 Å². The SMILES string of the molecule is [B]=CC(/C=c1/c2c(sc1=C)C(CC)C1(CC)CC1CC=N2)=C(/C)CC. The molecule has 3 rings (SSSR count). The fourth-order valence-electron chi connectivity index (χ4n) is 4.64. The summed E-state index contributed by atoms with van der Waals surface area (Å²) >= 11 is 1.85. The average Bonchev–Trinajstić information content (AvgIpc) is 3.23. The summed E-state index contributed by atoms with van der Waals surface area (Å²) in [7, 11) is 5.90. The average molecular weight is 350 g/mol. The van der Waals surface area contributed by atoms with Crippen molar-refractivity contribution in [2.75, 3.05) is 0 Å². The summed E-state index contributed by atoms with van der Waals surface area (Å²) in [4.78, 5) is 6.37. The van der Waals surface area contributed by atoms with E-state index in [9.17, 15) is 0 Å². The Morgan fingerprint density at radius 1 is 1.44 bits per heavy atom. The number of hydrogen-bond donors (Lipinski definition) is 0. The Bertz CT molecular complexity index is 844. The number of nitrogens with zero attached hydrogens (tertiary/aromatic N) is 1. The van der Waals surface area contributed by atoms with Gasteiger partial charge in [0.25, 0.3) is 0 Å². The Morgan fingerprint density at radius 2 is 2.20 bits per heavy atom. The van der Waals surface area contributed by atoms with Gasteiger partial charge in [0.15, 0.2) is 0 Å². The van der Waals surface area contributed by atoms with Gasteiger partial charge in [-0.05, 0) is 0 Å². The van der Waals surface area contributed by atoms with Crippen LogP contribution in [0.5, 0.6) is 0 Å². The van der Waals surface area contributed by atoms with Gasteiger partial charge in [0, 0.05) is 0 Å². The third-order valence-corrected chi connectivity index (χ3v) is 7.66. The van der Waals surface area contributed by atoms with E-state index in [1.54, 1.807) is 5.97 Å². The molecule has 1 aromatic rings. The molecular weight excluding hydrogens is 321 g/mol. The normalized spacial score (nSPS) is 29.3. The van der Waals surface area contributed by atoms with Crippen molar-refractivity contribution < 1.29 is 0 Å². The van der Waals surface area contributed by atoms with Crippen molar-refractivity contribution in [3.8, 4) is 0 Å². The summed E-state index contributed by atoms with van der Waals surface area (Å²) < 4.78 is 1.12. The van der Waals surface area contributed by atoms with Gasteiger partial charge in [0.05, 0.1) is 0 Å². The maximum atomic E-state index is 5.90. The fraction of sp³-hybridized carbons (Fsp3) is 0.545. The molecule has 1 aromatic heterocycles. The van der Waals surface area contributed by atoms with Crippen LogP contribution in [-0.2, 0) is 0 Å². The van der Waals surface area contributed by atoms with Gasteiger partial charge in [-0.2, -0.15) is 0 Å². The Kier molecular flexibility index (Phi) is 5.34. The van der Waals surface area contributed by atoms with E-state index >= 15 is 0 Å². The molecule has 1 fully saturated rings. The van der Waals surface area contributed by atoms with E-state index in [4.69, 9.17) is 12.5 Å². The minimum atomic E-state index is 0.489. The minimum absolute atomic E-state index is 0.489. The van der Waals surface area contributed by atoms with Crippen molar-refractivity contribution in [3.63, 3.8) is 0 Å². The summed E-state index contributed by atoms with van der Waals surface area (Å²) in [5.41, 5.74) is 4.05. The first-order chi connectivity index (χ1) is 12.0. The molecular formula is C22H29BNS. The van der Waals surface area contributed by atoms with Crippen molar-refractivity contribution in [2.24, 2.45) is 16.3 Å². The maximum absolute atomic E-state index is 5.90. The van der Waals surface area contributed by atoms with E-state index in [0.29, 0.717) is 11.3 Å². The summed E-state index contributed by atoms with van der Waals surface area (Å²) in [5.74, 6) is 3.15. The van der Waals surface area contributed by atoms with E-state index < -0.39 is 0 Å². The molecule has 0 saturated heterocycles. The number of thiophene rings is 1. The third kappa shape index (κ3) is 3.05. The van der Waals surface area contributed by atoms with E-state index in [1.165, 1.54) is 34.9 Å². The molecule has 0 N–H and O–H groups in total. The zero-order chi connectivity index (χ0) is 18.2. The topological polar surface area (TPSA) is 12.4 Å². The molecule has 2 heterocycles. The molecule has 3 unspecified atom stereocenters. The van der Waals surface area contributed by atoms with Crippen LogP contribution in [0.15, 0.2) is 16.1 Å². The monoisotopic (exact) mass is 350 g/mol. The first-order valence-electron chi connectivity index (χ1n) is 9.62. The van der Waals surface area contributed by atoms with Crippen LogP contribution in [0, 0.1) is 11.3 Å². The van der Waals surface area contributed by atoms with Gasteiger partial charge >= 0.3 is 157 Å². The van der Waals surface area contributed by atoms with Crippen LogP contribution in [0.4, 0.5) is 5.69 Å². The molecule has 131 valence electrons. The molecule has 0 spiro atoms. The molecule has 1 nitrogen and oxygen atoms in total. The van der Waals surface area contributed by atoms with Crippen molar-refractivity contribution >= 4 is 49.3 Å². The molecule has 0 bridgehead atoms. The van der Waals surface area contributed by atoms with Crippen LogP contribution in [0.2, 0.25) is 0 Å². The second-order valence-electron chi connectivity index (χ2n) is 7.55. The molecule has 1 radical (unpaired) electrons. The van der Waals surface area contributed by atoms with Gasteiger partial charge in [-0.1, -0.05) is 0 Å². The zero-order valence-electron chi connectivity index (χ0n) is 16.1. The summed E-state index contributed by atoms with van der Waals surface area (Å²) in [5, 5.41) is 1.17. The molecule has 3 atom stereocenters. The van der Waals surface area contributed by atoms with Crippen molar-refractivity contribution in [2.45, 2.75) is 65.7 Å². The van der Waals surface area contributed by atoms with Crippen LogP contribution < -0.4 is 9.75 Å². The number of rotatable bonds is 5. The van der Waals surface area contributed by atoms with Gasteiger partial charge in [-0.3, -0.25) is 0 Å². The first kappa shape index (κ1) is 18.6. The van der Waals surface area contributed by atoms with Crippen molar-refractivity contribution in [3.05, 3.63) is 25.8 Å². The third-order valence-electron chi connectivity index (χ3n) is 6.49. The second-order valence-corrected chi connectivity index (χ2v) is 8.68. The molecule has 3 heteroatoms. The van der Waals surface area contributed by atoms with Crippen LogP contribution in [0.1, 0.15) is 70.6 Å². The molecule has 0 amide bonds. The molecule has 2 aliphatic rings. The standard InChI is InChI=1S/C22H29BNS/c1-6-14(4)16(13-23)11-18-15(5)25-21-19(7-2)22(8-3)12-17(22)9-10-24-20(18)21/h10-11,13,17,19H,5-9,12H2,1-4H3/b16-14-,18-11+,24-10?. The van der Waals surface area contributed by atoms with Gasteiger partial charge in [-0.15, -0.1) is 0 Å². The van der Waals surface area contributed by atoms with E-state index in [1.807, 2.05) is 11.3 Å². The van der Waals surface area contributed by atoms with Gasteiger partial charge in [-0.25, -0.2) is 0 Å². The number of allylic oxidation sites excluding steroid dienone is 2. The Labute approximate surface area is 157 Å². The Balaban J connectivity index is 2.23.